The van der Waals surface area contributed by atoms with Crippen LogP contribution in [0.25, 0.3) is 0 Å². The molecule has 0 aliphatic carbocycles. The fraction of sp³-hybridized carbons (Fsp3) is 0.389. The van der Waals surface area contributed by atoms with E-state index >= 15 is 0 Å². The molecule has 0 unspecified atom stereocenters. The van der Waals surface area contributed by atoms with Gasteiger partial charge in [0.1, 0.15) is 24.4 Å². The van der Waals surface area contributed by atoms with Gasteiger partial charge in [0.25, 0.3) is 0 Å². The fourth-order valence-electron chi connectivity index (χ4n) is 3.18. The first-order chi connectivity index (χ1) is 12.7. The number of ether oxygens (including phenoxy) is 1. The lowest BCUT2D eigenvalue weighted by molar-refractivity contribution is 0.0736. The minimum Gasteiger partial charge on any atom is -0.483 e. The van der Waals surface area contributed by atoms with E-state index in [0.717, 1.165) is 5.82 Å². The lowest BCUT2D eigenvalue weighted by atomic mass is 10.2. The molecule has 8 nitrogen and oxygen atoms in total. The summed E-state index contributed by atoms with van der Waals surface area (Å²) >= 11 is 0. The molecule has 2 atom stereocenters. The van der Waals surface area contributed by atoms with Gasteiger partial charge >= 0.3 is 0 Å². The highest BCUT2D eigenvalue weighted by atomic mass is 16.5. The molecule has 0 spiro atoms. The van der Waals surface area contributed by atoms with Crippen LogP contribution in [0, 0.1) is 0 Å². The molecule has 0 bridgehead atoms. The van der Waals surface area contributed by atoms with Crippen LogP contribution >= 0.6 is 0 Å². The van der Waals surface area contributed by atoms with Gasteiger partial charge < -0.3 is 9.84 Å². The summed E-state index contributed by atoms with van der Waals surface area (Å²) in [5.74, 6) is 1.54. The summed E-state index contributed by atoms with van der Waals surface area (Å²) in [5.41, 5.74) is 1.18. The summed E-state index contributed by atoms with van der Waals surface area (Å²) in [7, 11) is 1.87. The maximum absolute atomic E-state index is 10.3. The monoisotopic (exact) mass is 354 g/mol. The molecule has 1 fully saturated rings. The smallest absolute Gasteiger partial charge is 0.157 e. The van der Waals surface area contributed by atoms with E-state index in [2.05, 4.69) is 32.2 Å². The number of β-amino-alcohol motifs (C(OH)–C–C–N with tert-alkyl or cyclic N) is 1. The van der Waals surface area contributed by atoms with Crippen molar-refractivity contribution in [3.05, 3.63) is 60.4 Å². The molecule has 0 radical (unpaired) electrons. The normalized spacial score (nSPS) is 20.5. The van der Waals surface area contributed by atoms with Crippen molar-refractivity contribution in [2.45, 2.75) is 25.3 Å². The van der Waals surface area contributed by atoms with Gasteiger partial charge in [-0.3, -0.25) is 14.3 Å². The summed E-state index contributed by atoms with van der Waals surface area (Å²) in [4.78, 5) is 6.35. The molecule has 136 valence electrons. The molecule has 1 aliphatic rings. The van der Waals surface area contributed by atoms with Crippen LogP contribution in [0.3, 0.4) is 0 Å². The minimum atomic E-state index is -0.541. The maximum atomic E-state index is 10.3. The quantitative estimate of drug-likeness (QED) is 0.701. The minimum absolute atomic E-state index is 0.280. The fourth-order valence-corrected chi connectivity index (χ4v) is 3.18. The number of aromatic nitrogens is 5. The standard InChI is InChI=1S/C18H22N6O2/c1-22-18(19-13-21-22)12-23-10-16(25)17(11-23)26-15-7-20-24(9-15)8-14-5-3-2-4-6-14/h2-7,9,13,16-17,25H,8,10-12H2,1H3/t16-,17-/m1/s1. The Hall–Kier alpha value is -2.71. The van der Waals surface area contributed by atoms with Gasteiger partial charge in [-0.1, -0.05) is 30.3 Å². The van der Waals surface area contributed by atoms with Crippen molar-refractivity contribution in [2.24, 2.45) is 7.05 Å². The molecule has 2 aromatic heterocycles. The number of aryl methyl sites for hydroxylation is 1. The summed E-state index contributed by atoms with van der Waals surface area (Å²) in [6.45, 7) is 2.52. The van der Waals surface area contributed by atoms with Gasteiger partial charge in [-0.25, -0.2) is 4.98 Å². The zero-order valence-electron chi connectivity index (χ0n) is 14.6. The molecular weight excluding hydrogens is 332 g/mol. The van der Waals surface area contributed by atoms with Gasteiger partial charge in [0.05, 0.1) is 25.5 Å². The van der Waals surface area contributed by atoms with Crippen LogP contribution in [0.5, 0.6) is 5.75 Å². The summed E-state index contributed by atoms with van der Waals surface area (Å²) in [6.07, 6.45) is 4.28. The van der Waals surface area contributed by atoms with E-state index in [1.807, 2.05) is 36.1 Å². The third-order valence-corrected chi connectivity index (χ3v) is 4.57. The Balaban J connectivity index is 1.35. The van der Waals surface area contributed by atoms with Crippen molar-refractivity contribution in [1.82, 2.24) is 29.4 Å². The number of hydrogen-bond donors (Lipinski definition) is 1. The van der Waals surface area contributed by atoms with E-state index in [-0.39, 0.29) is 6.10 Å². The van der Waals surface area contributed by atoms with Gasteiger partial charge in [0.15, 0.2) is 5.75 Å². The predicted octanol–water partition coefficient (Wildman–Crippen LogP) is 0.684. The third kappa shape index (κ3) is 3.76. The summed E-state index contributed by atoms with van der Waals surface area (Å²) in [6, 6.07) is 10.1. The van der Waals surface area contributed by atoms with Crippen LogP contribution in [0.15, 0.2) is 49.1 Å². The maximum Gasteiger partial charge on any atom is 0.157 e. The highest BCUT2D eigenvalue weighted by molar-refractivity contribution is 5.18. The highest BCUT2D eigenvalue weighted by Crippen LogP contribution is 2.20. The van der Waals surface area contributed by atoms with Gasteiger partial charge in [-0.15, -0.1) is 0 Å². The van der Waals surface area contributed by atoms with E-state index in [1.165, 1.54) is 11.9 Å². The number of benzene rings is 1. The van der Waals surface area contributed by atoms with Crippen molar-refractivity contribution in [2.75, 3.05) is 13.1 Å². The largest absolute Gasteiger partial charge is 0.483 e. The first-order valence-corrected chi connectivity index (χ1v) is 8.64. The van der Waals surface area contributed by atoms with Crippen LogP contribution < -0.4 is 4.74 Å². The Morgan fingerprint density at radius 3 is 2.77 bits per heavy atom. The molecule has 26 heavy (non-hydrogen) atoms. The Morgan fingerprint density at radius 1 is 1.15 bits per heavy atom. The van der Waals surface area contributed by atoms with Crippen LogP contribution in [0.1, 0.15) is 11.4 Å². The van der Waals surface area contributed by atoms with Crippen molar-refractivity contribution in [3.8, 4) is 5.75 Å². The number of nitrogens with zero attached hydrogens (tertiary/aromatic N) is 6. The average molecular weight is 354 g/mol. The molecule has 4 rings (SSSR count). The Labute approximate surface area is 151 Å². The third-order valence-electron chi connectivity index (χ3n) is 4.57. The van der Waals surface area contributed by atoms with Crippen LogP contribution in [0.2, 0.25) is 0 Å². The SMILES string of the molecule is Cn1ncnc1CN1C[C@@H](O)[C@H](Oc2cnn(Cc3ccccc3)c2)C1. The predicted molar refractivity (Wildman–Crippen MR) is 94.5 cm³/mol. The lowest BCUT2D eigenvalue weighted by Gasteiger charge is -2.15. The van der Waals surface area contributed by atoms with E-state index in [9.17, 15) is 5.11 Å². The van der Waals surface area contributed by atoms with Crippen LogP contribution in [0.4, 0.5) is 0 Å². The number of rotatable bonds is 6. The first kappa shape index (κ1) is 16.7. The number of aliphatic hydroxyl groups is 1. The summed E-state index contributed by atoms with van der Waals surface area (Å²) < 4.78 is 9.55. The molecule has 0 saturated carbocycles. The van der Waals surface area contributed by atoms with Crippen molar-refractivity contribution < 1.29 is 9.84 Å². The number of aliphatic hydroxyl groups excluding tert-OH is 1. The second kappa shape index (κ2) is 7.27. The van der Waals surface area contributed by atoms with E-state index in [4.69, 9.17) is 4.74 Å². The van der Waals surface area contributed by atoms with Crippen LogP contribution in [-0.4, -0.2) is 59.8 Å². The van der Waals surface area contributed by atoms with Crippen molar-refractivity contribution in [3.63, 3.8) is 0 Å². The van der Waals surface area contributed by atoms with E-state index in [1.54, 1.807) is 10.9 Å². The lowest BCUT2D eigenvalue weighted by Crippen LogP contribution is -2.29. The molecule has 1 aromatic carbocycles. The zero-order chi connectivity index (χ0) is 17.9. The topological polar surface area (TPSA) is 81.2 Å². The molecule has 3 heterocycles. The van der Waals surface area contributed by atoms with Crippen molar-refractivity contribution >= 4 is 0 Å². The Morgan fingerprint density at radius 2 is 2.00 bits per heavy atom. The Kier molecular flexibility index (Phi) is 4.68. The second-order valence-electron chi connectivity index (χ2n) is 6.58. The highest BCUT2D eigenvalue weighted by Gasteiger charge is 2.33. The molecule has 1 aliphatic heterocycles. The van der Waals surface area contributed by atoms with Gasteiger partial charge in [-0.05, 0) is 5.56 Å². The van der Waals surface area contributed by atoms with E-state index in [0.29, 0.717) is 31.9 Å². The summed E-state index contributed by atoms with van der Waals surface area (Å²) in [5, 5.41) is 18.7. The molecule has 1 saturated heterocycles. The molecule has 8 heteroatoms. The molecular formula is C18H22N6O2. The van der Waals surface area contributed by atoms with Crippen molar-refractivity contribution in [1.29, 1.82) is 0 Å². The molecule has 3 aromatic rings. The average Bonchev–Trinajstić information content (AvgIpc) is 3.32. The van der Waals surface area contributed by atoms with Gasteiger partial charge in [0, 0.05) is 20.1 Å². The second-order valence-corrected chi connectivity index (χ2v) is 6.58. The Bertz CT molecular complexity index is 846. The molecule has 1 N–H and O–H groups in total. The molecule has 0 amide bonds. The van der Waals surface area contributed by atoms with Gasteiger partial charge in [0.2, 0.25) is 0 Å². The first-order valence-electron chi connectivity index (χ1n) is 8.64. The van der Waals surface area contributed by atoms with E-state index < -0.39 is 6.10 Å². The van der Waals surface area contributed by atoms with Gasteiger partial charge in [-0.2, -0.15) is 10.2 Å². The zero-order valence-corrected chi connectivity index (χ0v) is 14.6. The number of hydrogen-bond acceptors (Lipinski definition) is 6. The van der Waals surface area contributed by atoms with Crippen LogP contribution in [-0.2, 0) is 20.1 Å². The number of likely N-dealkylation sites (tertiary alicyclic amines) is 1.